The molecule has 1 rings (SSSR count). The summed E-state index contributed by atoms with van der Waals surface area (Å²) < 4.78 is 0. The Kier molecular flexibility index (Phi) is 5.97. The first-order chi connectivity index (χ1) is 8.49. The Bertz CT molecular complexity index is 379. The van der Waals surface area contributed by atoms with E-state index >= 15 is 0 Å². The van der Waals surface area contributed by atoms with E-state index in [9.17, 15) is 0 Å². The van der Waals surface area contributed by atoms with Crippen LogP contribution in [0.25, 0.3) is 0 Å². The summed E-state index contributed by atoms with van der Waals surface area (Å²) in [5.41, 5.74) is 8.57. The number of benzene rings is 1. The van der Waals surface area contributed by atoms with E-state index in [0.29, 0.717) is 6.04 Å². The molecule has 0 heterocycles. The minimum atomic E-state index is 0.201. The number of hydrogen-bond donors (Lipinski definition) is 1. The highest BCUT2D eigenvalue weighted by Gasteiger charge is 2.14. The van der Waals surface area contributed by atoms with Crippen molar-refractivity contribution in [2.45, 2.75) is 52.1 Å². The second-order valence-corrected chi connectivity index (χ2v) is 5.45. The molecule has 1 aromatic rings. The molecule has 1 aromatic carbocycles. The van der Waals surface area contributed by atoms with Crippen molar-refractivity contribution in [1.82, 2.24) is 0 Å². The topological polar surface area (TPSA) is 29.3 Å². The number of halogens is 1. The van der Waals surface area contributed by atoms with Gasteiger partial charge in [-0.3, -0.25) is 0 Å². The smallest absolute Gasteiger partial charge is 0.0410 e. The Morgan fingerprint density at radius 1 is 1.28 bits per heavy atom. The normalized spacial score (nSPS) is 14.3. The fraction of sp³-hybridized carbons (Fsp3) is 0.600. The Hall–Kier alpha value is -0.730. The lowest BCUT2D eigenvalue weighted by Gasteiger charge is -2.29. The van der Waals surface area contributed by atoms with Crippen molar-refractivity contribution in [1.29, 1.82) is 0 Å². The molecule has 2 unspecified atom stereocenters. The van der Waals surface area contributed by atoms with Crippen molar-refractivity contribution in [3.8, 4) is 0 Å². The molecule has 2 N–H and O–H groups in total. The first kappa shape index (κ1) is 15.3. The summed E-state index contributed by atoms with van der Waals surface area (Å²) in [5.74, 6) is 0. The number of anilines is 1. The molecule has 3 heteroatoms. The van der Waals surface area contributed by atoms with E-state index in [1.807, 2.05) is 12.1 Å². The lowest BCUT2D eigenvalue weighted by atomic mass is 10.0. The van der Waals surface area contributed by atoms with Gasteiger partial charge in [-0.25, -0.2) is 0 Å². The molecule has 0 radical (unpaired) electrons. The zero-order valence-corrected chi connectivity index (χ0v) is 12.7. The summed E-state index contributed by atoms with van der Waals surface area (Å²) in [6.07, 6.45) is 2.99. The van der Waals surface area contributed by atoms with Crippen LogP contribution in [0.5, 0.6) is 0 Å². The van der Waals surface area contributed by atoms with Crippen LogP contribution in [0.4, 0.5) is 5.69 Å². The summed E-state index contributed by atoms with van der Waals surface area (Å²) in [7, 11) is 2.14. The molecule has 18 heavy (non-hydrogen) atoms. The van der Waals surface area contributed by atoms with Crippen LogP contribution < -0.4 is 10.6 Å². The van der Waals surface area contributed by atoms with E-state index in [0.717, 1.165) is 24.3 Å². The van der Waals surface area contributed by atoms with Gasteiger partial charge < -0.3 is 10.6 Å². The zero-order chi connectivity index (χ0) is 13.7. The molecule has 0 saturated carbocycles. The summed E-state index contributed by atoms with van der Waals surface area (Å²) >= 11 is 6.10. The standard InChI is InChI=1S/C15H25ClN2/c1-5-11(3)18(4)15-8-7-13(16)9-12(15)10-14(17)6-2/h7-9,11,14H,5-6,10,17H2,1-4H3. The molecule has 0 saturated heterocycles. The largest absolute Gasteiger partial charge is 0.372 e. The van der Waals surface area contributed by atoms with Crippen LogP contribution in [0.15, 0.2) is 18.2 Å². The predicted molar refractivity (Wildman–Crippen MR) is 81.6 cm³/mol. The van der Waals surface area contributed by atoms with Crippen LogP contribution in [-0.2, 0) is 6.42 Å². The van der Waals surface area contributed by atoms with Gasteiger partial charge in [-0.1, -0.05) is 25.4 Å². The Balaban J connectivity index is 3.02. The van der Waals surface area contributed by atoms with Crippen molar-refractivity contribution < 1.29 is 0 Å². The van der Waals surface area contributed by atoms with Crippen molar-refractivity contribution >= 4 is 17.3 Å². The molecule has 0 aliphatic heterocycles. The first-order valence-electron chi connectivity index (χ1n) is 6.76. The number of nitrogens with zero attached hydrogens (tertiary/aromatic N) is 1. The molecule has 0 bridgehead atoms. The van der Waals surface area contributed by atoms with E-state index in [1.165, 1.54) is 11.3 Å². The van der Waals surface area contributed by atoms with Crippen molar-refractivity contribution in [3.63, 3.8) is 0 Å². The maximum Gasteiger partial charge on any atom is 0.0410 e. The van der Waals surface area contributed by atoms with E-state index in [4.69, 9.17) is 17.3 Å². The molecular weight excluding hydrogens is 244 g/mol. The van der Waals surface area contributed by atoms with E-state index in [1.54, 1.807) is 0 Å². The van der Waals surface area contributed by atoms with Gasteiger partial charge in [-0.15, -0.1) is 0 Å². The van der Waals surface area contributed by atoms with Gasteiger partial charge in [0.25, 0.3) is 0 Å². The molecular formula is C15H25ClN2. The van der Waals surface area contributed by atoms with Crippen LogP contribution in [0.3, 0.4) is 0 Å². The van der Waals surface area contributed by atoms with Gasteiger partial charge in [-0.2, -0.15) is 0 Å². The van der Waals surface area contributed by atoms with Gasteiger partial charge in [0.2, 0.25) is 0 Å². The predicted octanol–water partition coefficient (Wildman–Crippen LogP) is 3.85. The maximum atomic E-state index is 6.10. The highest BCUT2D eigenvalue weighted by atomic mass is 35.5. The number of nitrogens with two attached hydrogens (primary N) is 1. The monoisotopic (exact) mass is 268 g/mol. The summed E-state index contributed by atoms with van der Waals surface area (Å²) in [5, 5.41) is 0.787. The van der Waals surface area contributed by atoms with Gasteiger partial charge in [-0.05, 0) is 49.9 Å². The van der Waals surface area contributed by atoms with Crippen LogP contribution >= 0.6 is 11.6 Å². The van der Waals surface area contributed by atoms with Gasteiger partial charge >= 0.3 is 0 Å². The molecule has 102 valence electrons. The van der Waals surface area contributed by atoms with Crippen LogP contribution in [0.2, 0.25) is 5.02 Å². The molecule has 2 nitrogen and oxygen atoms in total. The van der Waals surface area contributed by atoms with E-state index in [2.05, 4.69) is 38.8 Å². The lowest BCUT2D eigenvalue weighted by molar-refractivity contribution is 0.633. The van der Waals surface area contributed by atoms with Crippen LogP contribution in [0.1, 0.15) is 39.2 Å². The van der Waals surface area contributed by atoms with Crippen molar-refractivity contribution in [3.05, 3.63) is 28.8 Å². The molecule has 0 aliphatic rings. The third-order valence-corrected chi connectivity index (χ3v) is 3.92. The lowest BCUT2D eigenvalue weighted by Crippen LogP contribution is -2.30. The second-order valence-electron chi connectivity index (χ2n) is 5.01. The van der Waals surface area contributed by atoms with Crippen molar-refractivity contribution in [2.24, 2.45) is 5.73 Å². The van der Waals surface area contributed by atoms with Gasteiger partial charge in [0.1, 0.15) is 0 Å². The van der Waals surface area contributed by atoms with Gasteiger partial charge in [0.15, 0.2) is 0 Å². The Morgan fingerprint density at radius 3 is 2.50 bits per heavy atom. The zero-order valence-electron chi connectivity index (χ0n) is 11.9. The third-order valence-electron chi connectivity index (χ3n) is 3.68. The first-order valence-corrected chi connectivity index (χ1v) is 7.14. The molecule has 0 aromatic heterocycles. The molecule has 0 amide bonds. The summed E-state index contributed by atoms with van der Waals surface area (Å²) in [4.78, 5) is 2.31. The Labute approximate surface area is 116 Å². The molecule has 0 fully saturated rings. The highest BCUT2D eigenvalue weighted by Crippen LogP contribution is 2.26. The minimum Gasteiger partial charge on any atom is -0.372 e. The van der Waals surface area contributed by atoms with E-state index < -0.39 is 0 Å². The quantitative estimate of drug-likeness (QED) is 0.849. The van der Waals surface area contributed by atoms with Crippen LogP contribution in [-0.4, -0.2) is 19.1 Å². The molecule has 0 aliphatic carbocycles. The number of rotatable bonds is 6. The SMILES string of the molecule is CCC(N)Cc1cc(Cl)ccc1N(C)C(C)CC. The minimum absolute atomic E-state index is 0.201. The molecule has 0 spiro atoms. The van der Waals surface area contributed by atoms with Crippen LogP contribution in [0, 0.1) is 0 Å². The van der Waals surface area contributed by atoms with Gasteiger partial charge in [0, 0.05) is 29.8 Å². The molecule has 2 atom stereocenters. The fourth-order valence-electron chi connectivity index (χ4n) is 2.00. The Morgan fingerprint density at radius 2 is 1.94 bits per heavy atom. The maximum absolute atomic E-state index is 6.10. The third kappa shape index (κ3) is 3.89. The van der Waals surface area contributed by atoms with E-state index in [-0.39, 0.29) is 6.04 Å². The summed E-state index contributed by atoms with van der Waals surface area (Å²) in [6.45, 7) is 6.56. The number of hydrogen-bond acceptors (Lipinski definition) is 2. The van der Waals surface area contributed by atoms with Gasteiger partial charge in [0.05, 0.1) is 0 Å². The van der Waals surface area contributed by atoms with Crippen molar-refractivity contribution in [2.75, 3.05) is 11.9 Å². The second kappa shape index (κ2) is 7.01. The fourth-order valence-corrected chi connectivity index (χ4v) is 2.19. The average Bonchev–Trinajstić information content (AvgIpc) is 2.37. The summed E-state index contributed by atoms with van der Waals surface area (Å²) in [6, 6.07) is 6.82. The average molecular weight is 269 g/mol. The highest BCUT2D eigenvalue weighted by molar-refractivity contribution is 6.30.